The van der Waals surface area contributed by atoms with Crippen LogP contribution in [0.3, 0.4) is 0 Å². The highest BCUT2D eigenvalue weighted by Gasteiger charge is 2.14. The van der Waals surface area contributed by atoms with E-state index in [9.17, 15) is 9.59 Å². The minimum Gasteiger partial charge on any atom is -0.481 e. The molecule has 0 fully saturated rings. The summed E-state index contributed by atoms with van der Waals surface area (Å²) < 4.78 is 5.92. The van der Waals surface area contributed by atoms with Crippen molar-refractivity contribution in [1.29, 1.82) is 0 Å². The van der Waals surface area contributed by atoms with Gasteiger partial charge in [0.2, 0.25) is 0 Å². The van der Waals surface area contributed by atoms with E-state index in [1.165, 1.54) is 89.9 Å². The molecule has 0 aliphatic heterocycles. The van der Waals surface area contributed by atoms with E-state index in [1.54, 1.807) is 0 Å². The predicted octanol–water partition coefficient (Wildman–Crippen LogP) is 10.2. The third-order valence-corrected chi connectivity index (χ3v) is 7.08. The standard InChI is InChI=1S/C31H60O4/c1-3-5-7-9-11-12-13-15-17-21-25-29(26-22-18-16-19-23-27-30(32)33)35-31(34)28-24-20-14-10-8-6-4-2/h29H,3-28H2,1-2H3,(H,32,33). The molecule has 208 valence electrons. The maximum Gasteiger partial charge on any atom is 0.306 e. The quantitative estimate of drug-likeness (QED) is 0.0864. The Hall–Kier alpha value is -1.06. The van der Waals surface area contributed by atoms with E-state index in [4.69, 9.17) is 9.84 Å². The largest absolute Gasteiger partial charge is 0.481 e. The van der Waals surface area contributed by atoms with Crippen LogP contribution in [0.25, 0.3) is 0 Å². The summed E-state index contributed by atoms with van der Waals surface area (Å²) in [6, 6.07) is 0. The molecule has 0 radical (unpaired) electrons. The van der Waals surface area contributed by atoms with Crippen LogP contribution in [0, 0.1) is 0 Å². The second-order valence-electron chi connectivity index (χ2n) is 10.7. The summed E-state index contributed by atoms with van der Waals surface area (Å²) in [4.78, 5) is 23.1. The van der Waals surface area contributed by atoms with Gasteiger partial charge in [-0.3, -0.25) is 9.59 Å². The lowest BCUT2D eigenvalue weighted by molar-refractivity contribution is -0.150. The average Bonchev–Trinajstić information content (AvgIpc) is 2.83. The van der Waals surface area contributed by atoms with E-state index in [2.05, 4.69) is 13.8 Å². The van der Waals surface area contributed by atoms with Crippen LogP contribution in [0.4, 0.5) is 0 Å². The molecular weight excluding hydrogens is 436 g/mol. The number of aliphatic carboxylic acids is 1. The fourth-order valence-electron chi connectivity index (χ4n) is 4.77. The summed E-state index contributed by atoms with van der Waals surface area (Å²) in [5.41, 5.74) is 0. The monoisotopic (exact) mass is 496 g/mol. The third-order valence-electron chi connectivity index (χ3n) is 7.08. The van der Waals surface area contributed by atoms with Crippen molar-refractivity contribution in [2.45, 2.75) is 187 Å². The summed E-state index contributed by atoms with van der Waals surface area (Å²) in [6.45, 7) is 4.50. The molecule has 0 bridgehead atoms. The number of rotatable bonds is 28. The zero-order chi connectivity index (χ0) is 25.8. The lowest BCUT2D eigenvalue weighted by Crippen LogP contribution is -2.18. The van der Waals surface area contributed by atoms with Crippen LogP contribution in [0.2, 0.25) is 0 Å². The number of esters is 1. The van der Waals surface area contributed by atoms with Gasteiger partial charge in [-0.25, -0.2) is 0 Å². The van der Waals surface area contributed by atoms with Gasteiger partial charge in [-0.1, -0.05) is 129 Å². The van der Waals surface area contributed by atoms with Crippen LogP contribution in [-0.2, 0) is 14.3 Å². The SMILES string of the molecule is CCCCCCCCCCCCC(CCCCCCCC(=O)O)OC(=O)CCCCCCCCC. The first-order chi connectivity index (χ1) is 17.1. The molecule has 0 aliphatic carbocycles. The first-order valence-corrected chi connectivity index (χ1v) is 15.5. The zero-order valence-corrected chi connectivity index (χ0v) is 23.6. The molecule has 0 saturated heterocycles. The summed E-state index contributed by atoms with van der Waals surface area (Å²) >= 11 is 0. The predicted molar refractivity (Wildman–Crippen MR) is 149 cm³/mol. The van der Waals surface area contributed by atoms with Gasteiger partial charge >= 0.3 is 11.9 Å². The number of carbonyl (C=O) groups excluding carboxylic acids is 1. The van der Waals surface area contributed by atoms with E-state index >= 15 is 0 Å². The van der Waals surface area contributed by atoms with Gasteiger partial charge in [0.25, 0.3) is 0 Å². The van der Waals surface area contributed by atoms with E-state index in [0.29, 0.717) is 6.42 Å². The number of carboxylic acid groups (broad SMARTS) is 1. The van der Waals surface area contributed by atoms with Gasteiger partial charge < -0.3 is 9.84 Å². The van der Waals surface area contributed by atoms with Gasteiger partial charge in [0.05, 0.1) is 0 Å². The van der Waals surface area contributed by atoms with Gasteiger partial charge in [0.15, 0.2) is 0 Å². The number of hydrogen-bond donors (Lipinski definition) is 1. The van der Waals surface area contributed by atoms with Crippen molar-refractivity contribution < 1.29 is 19.4 Å². The Morgan fingerprint density at radius 2 is 0.857 bits per heavy atom. The van der Waals surface area contributed by atoms with E-state index in [0.717, 1.165) is 64.2 Å². The lowest BCUT2D eigenvalue weighted by atomic mass is 10.0. The highest BCUT2D eigenvalue weighted by molar-refractivity contribution is 5.69. The highest BCUT2D eigenvalue weighted by Crippen LogP contribution is 2.19. The molecule has 1 atom stereocenters. The Labute approximate surface area is 218 Å². The summed E-state index contributed by atoms with van der Waals surface area (Å²) in [7, 11) is 0. The number of carbonyl (C=O) groups is 2. The number of hydrogen-bond acceptors (Lipinski definition) is 3. The molecule has 0 saturated carbocycles. The van der Waals surface area contributed by atoms with Crippen molar-refractivity contribution in [3.8, 4) is 0 Å². The normalized spacial score (nSPS) is 12.1. The molecular formula is C31H60O4. The van der Waals surface area contributed by atoms with Crippen LogP contribution in [0.15, 0.2) is 0 Å². The molecule has 0 aromatic carbocycles. The Balaban J connectivity index is 4.05. The first kappa shape index (κ1) is 33.9. The third kappa shape index (κ3) is 27.4. The van der Waals surface area contributed by atoms with Crippen molar-refractivity contribution in [1.82, 2.24) is 0 Å². The van der Waals surface area contributed by atoms with E-state index in [-0.39, 0.29) is 18.5 Å². The molecule has 0 aromatic heterocycles. The van der Waals surface area contributed by atoms with Crippen LogP contribution >= 0.6 is 0 Å². The minimum atomic E-state index is -0.700. The molecule has 0 heterocycles. The second-order valence-corrected chi connectivity index (χ2v) is 10.7. The summed E-state index contributed by atoms with van der Waals surface area (Å²) in [5, 5.41) is 8.74. The van der Waals surface area contributed by atoms with Gasteiger partial charge in [0, 0.05) is 12.8 Å². The van der Waals surface area contributed by atoms with Crippen molar-refractivity contribution in [2.24, 2.45) is 0 Å². The molecule has 1 unspecified atom stereocenters. The smallest absolute Gasteiger partial charge is 0.306 e. The second kappa shape index (κ2) is 27.5. The number of ether oxygens (including phenoxy) is 1. The Morgan fingerprint density at radius 1 is 0.514 bits per heavy atom. The van der Waals surface area contributed by atoms with Crippen LogP contribution in [0.5, 0.6) is 0 Å². The van der Waals surface area contributed by atoms with Gasteiger partial charge in [-0.15, -0.1) is 0 Å². The maximum absolute atomic E-state index is 12.4. The van der Waals surface area contributed by atoms with Gasteiger partial charge in [-0.05, 0) is 38.5 Å². The first-order valence-electron chi connectivity index (χ1n) is 15.5. The van der Waals surface area contributed by atoms with Crippen molar-refractivity contribution in [3.63, 3.8) is 0 Å². The molecule has 0 aromatic rings. The van der Waals surface area contributed by atoms with Crippen LogP contribution in [0.1, 0.15) is 181 Å². The maximum atomic E-state index is 12.4. The van der Waals surface area contributed by atoms with Gasteiger partial charge in [-0.2, -0.15) is 0 Å². The molecule has 1 N–H and O–H groups in total. The molecule has 0 rings (SSSR count). The summed E-state index contributed by atoms with van der Waals surface area (Å²) in [5.74, 6) is -0.702. The Kier molecular flexibility index (Phi) is 26.7. The Morgan fingerprint density at radius 3 is 1.26 bits per heavy atom. The Bertz CT molecular complexity index is 463. The molecule has 4 nitrogen and oxygen atoms in total. The molecule has 0 spiro atoms. The molecule has 0 amide bonds. The number of unbranched alkanes of at least 4 members (excludes halogenated alkanes) is 19. The van der Waals surface area contributed by atoms with E-state index in [1.807, 2.05) is 0 Å². The average molecular weight is 497 g/mol. The van der Waals surface area contributed by atoms with Crippen molar-refractivity contribution >= 4 is 11.9 Å². The minimum absolute atomic E-state index is 0.00269. The van der Waals surface area contributed by atoms with Crippen molar-refractivity contribution in [2.75, 3.05) is 0 Å². The molecule has 4 heteroatoms. The topological polar surface area (TPSA) is 63.6 Å². The zero-order valence-electron chi connectivity index (χ0n) is 23.6. The van der Waals surface area contributed by atoms with E-state index < -0.39 is 5.97 Å². The fraction of sp³-hybridized carbons (Fsp3) is 0.935. The molecule has 35 heavy (non-hydrogen) atoms. The molecule has 0 aliphatic rings. The van der Waals surface area contributed by atoms with Crippen LogP contribution < -0.4 is 0 Å². The highest BCUT2D eigenvalue weighted by atomic mass is 16.5. The fourth-order valence-corrected chi connectivity index (χ4v) is 4.77. The lowest BCUT2D eigenvalue weighted by Gasteiger charge is -2.18. The van der Waals surface area contributed by atoms with Crippen molar-refractivity contribution in [3.05, 3.63) is 0 Å². The van der Waals surface area contributed by atoms with Gasteiger partial charge in [0.1, 0.15) is 6.10 Å². The summed E-state index contributed by atoms with van der Waals surface area (Å²) in [6.07, 6.45) is 29.6. The van der Waals surface area contributed by atoms with Crippen LogP contribution in [-0.4, -0.2) is 23.1 Å². The number of carboxylic acids is 1.